The summed E-state index contributed by atoms with van der Waals surface area (Å²) in [6.45, 7) is 0.272. The van der Waals surface area contributed by atoms with E-state index in [9.17, 15) is 0 Å². The third-order valence-electron chi connectivity index (χ3n) is 3.17. The highest BCUT2D eigenvalue weighted by Crippen LogP contribution is 2.36. The molecule has 2 N–H and O–H groups in total. The Morgan fingerprint density at radius 1 is 1.40 bits per heavy atom. The minimum Gasteiger partial charge on any atom is -0.484 e. The summed E-state index contributed by atoms with van der Waals surface area (Å²) in [7, 11) is 0. The number of nitrogens with zero attached hydrogens (tertiary/aromatic N) is 2. The molecule has 0 spiro atoms. The summed E-state index contributed by atoms with van der Waals surface area (Å²) in [5, 5.41) is 4.43. The van der Waals surface area contributed by atoms with E-state index < -0.39 is 0 Å². The number of anilines is 1. The van der Waals surface area contributed by atoms with Crippen LogP contribution in [0.2, 0.25) is 0 Å². The Hall–Kier alpha value is -1.69. The van der Waals surface area contributed by atoms with E-state index in [0.29, 0.717) is 22.6 Å². The number of nitrogens with two attached hydrogens (primary N) is 1. The highest BCUT2D eigenvalue weighted by atomic mass is 32.2. The Balaban J connectivity index is 1.59. The van der Waals surface area contributed by atoms with E-state index in [1.807, 2.05) is 30.0 Å². The first-order valence-electron chi connectivity index (χ1n) is 6.74. The molecule has 1 saturated heterocycles. The molecule has 1 atom stereocenters. The van der Waals surface area contributed by atoms with Crippen LogP contribution in [0.25, 0.3) is 0 Å². The van der Waals surface area contributed by atoms with Gasteiger partial charge in [0.1, 0.15) is 5.75 Å². The topological polar surface area (TPSA) is 74.2 Å². The summed E-state index contributed by atoms with van der Waals surface area (Å²) >= 11 is 1.90. The average Bonchev–Trinajstić information content (AvgIpc) is 2.95. The summed E-state index contributed by atoms with van der Waals surface area (Å²) in [4.78, 5) is 4.42. The molecule has 106 valence electrons. The van der Waals surface area contributed by atoms with Crippen molar-refractivity contribution >= 4 is 17.4 Å². The number of nitrogen functional groups attached to an aromatic ring is 1. The largest absolute Gasteiger partial charge is 0.484 e. The second kappa shape index (κ2) is 6.17. The standard InChI is InChI=1S/C14H17N3O2S/c15-10-4-3-5-11(8-10)18-9-13-16-14(17-19-13)12-6-1-2-7-20-12/h3-5,8,12H,1-2,6-7,9,15H2. The third kappa shape index (κ3) is 3.25. The van der Waals surface area contributed by atoms with Gasteiger partial charge in [-0.3, -0.25) is 0 Å². The van der Waals surface area contributed by atoms with E-state index in [2.05, 4.69) is 10.1 Å². The van der Waals surface area contributed by atoms with E-state index in [1.54, 1.807) is 6.07 Å². The molecule has 0 bridgehead atoms. The smallest absolute Gasteiger partial charge is 0.264 e. The quantitative estimate of drug-likeness (QED) is 0.872. The average molecular weight is 291 g/mol. The van der Waals surface area contributed by atoms with Gasteiger partial charge in [0, 0.05) is 11.8 Å². The van der Waals surface area contributed by atoms with Gasteiger partial charge in [-0.2, -0.15) is 16.7 Å². The first-order chi connectivity index (χ1) is 9.81. The van der Waals surface area contributed by atoms with E-state index in [0.717, 1.165) is 12.2 Å². The fraction of sp³-hybridized carbons (Fsp3) is 0.429. The predicted octanol–water partition coefficient (Wildman–Crippen LogP) is 3.19. The first-order valence-corrected chi connectivity index (χ1v) is 7.78. The number of rotatable bonds is 4. The van der Waals surface area contributed by atoms with Crippen LogP contribution in [0, 0.1) is 0 Å². The van der Waals surface area contributed by atoms with Crippen LogP contribution in [-0.4, -0.2) is 15.9 Å². The molecule has 20 heavy (non-hydrogen) atoms. The number of ether oxygens (including phenoxy) is 1. The lowest BCUT2D eigenvalue weighted by Crippen LogP contribution is -2.04. The van der Waals surface area contributed by atoms with Crippen molar-refractivity contribution in [1.82, 2.24) is 10.1 Å². The molecule has 0 radical (unpaired) electrons. The lowest BCUT2D eigenvalue weighted by molar-refractivity contribution is 0.242. The molecule has 0 saturated carbocycles. The Kier molecular flexibility index (Phi) is 4.11. The van der Waals surface area contributed by atoms with Crippen molar-refractivity contribution in [1.29, 1.82) is 0 Å². The molecule has 0 aliphatic carbocycles. The zero-order chi connectivity index (χ0) is 13.8. The minimum atomic E-state index is 0.272. The summed E-state index contributed by atoms with van der Waals surface area (Å²) < 4.78 is 10.8. The Morgan fingerprint density at radius 3 is 3.15 bits per heavy atom. The lowest BCUT2D eigenvalue weighted by atomic mass is 10.2. The van der Waals surface area contributed by atoms with Crippen molar-refractivity contribution in [2.45, 2.75) is 31.1 Å². The number of hydrogen-bond donors (Lipinski definition) is 1. The van der Waals surface area contributed by atoms with Crippen LogP contribution in [-0.2, 0) is 6.61 Å². The van der Waals surface area contributed by atoms with Crippen LogP contribution in [0.4, 0.5) is 5.69 Å². The van der Waals surface area contributed by atoms with E-state index in [4.69, 9.17) is 15.0 Å². The molecular formula is C14H17N3O2S. The van der Waals surface area contributed by atoms with Gasteiger partial charge in [-0.05, 0) is 30.7 Å². The maximum atomic E-state index is 5.70. The molecule has 1 fully saturated rings. The van der Waals surface area contributed by atoms with Gasteiger partial charge in [-0.1, -0.05) is 17.6 Å². The van der Waals surface area contributed by atoms with Crippen molar-refractivity contribution in [3.05, 3.63) is 36.0 Å². The zero-order valence-corrected chi connectivity index (χ0v) is 11.9. The predicted molar refractivity (Wildman–Crippen MR) is 78.5 cm³/mol. The minimum absolute atomic E-state index is 0.272. The van der Waals surface area contributed by atoms with E-state index >= 15 is 0 Å². The number of aromatic nitrogens is 2. The maximum absolute atomic E-state index is 5.70. The van der Waals surface area contributed by atoms with Crippen LogP contribution in [0.15, 0.2) is 28.8 Å². The maximum Gasteiger partial charge on any atom is 0.264 e. The van der Waals surface area contributed by atoms with Crippen molar-refractivity contribution in [3.8, 4) is 5.75 Å². The highest BCUT2D eigenvalue weighted by molar-refractivity contribution is 7.99. The van der Waals surface area contributed by atoms with Gasteiger partial charge in [-0.15, -0.1) is 0 Å². The second-order valence-corrected chi connectivity index (χ2v) is 6.07. The molecule has 1 unspecified atom stereocenters. The van der Waals surface area contributed by atoms with Gasteiger partial charge in [0.2, 0.25) is 0 Å². The molecule has 6 heteroatoms. The summed E-state index contributed by atoms with van der Waals surface area (Å²) in [6.07, 6.45) is 3.64. The first kappa shape index (κ1) is 13.3. The second-order valence-electron chi connectivity index (χ2n) is 4.76. The fourth-order valence-electron chi connectivity index (χ4n) is 2.15. The molecule has 2 aromatic rings. The fourth-order valence-corrected chi connectivity index (χ4v) is 3.38. The molecule has 1 aliphatic heterocycles. The summed E-state index contributed by atoms with van der Waals surface area (Å²) in [6, 6.07) is 7.29. The van der Waals surface area contributed by atoms with Crippen LogP contribution in [0.5, 0.6) is 5.75 Å². The van der Waals surface area contributed by atoms with Crippen molar-refractivity contribution in [2.75, 3.05) is 11.5 Å². The molecule has 3 rings (SSSR count). The van der Waals surface area contributed by atoms with Crippen LogP contribution >= 0.6 is 11.8 Å². The van der Waals surface area contributed by atoms with Gasteiger partial charge in [0.25, 0.3) is 5.89 Å². The van der Waals surface area contributed by atoms with Crippen molar-refractivity contribution in [2.24, 2.45) is 0 Å². The molecule has 2 heterocycles. The van der Waals surface area contributed by atoms with Crippen LogP contribution in [0.1, 0.15) is 36.2 Å². The normalized spacial score (nSPS) is 18.9. The van der Waals surface area contributed by atoms with Gasteiger partial charge in [0.15, 0.2) is 12.4 Å². The van der Waals surface area contributed by atoms with Crippen LogP contribution < -0.4 is 10.5 Å². The molecule has 1 aromatic carbocycles. The van der Waals surface area contributed by atoms with Crippen molar-refractivity contribution < 1.29 is 9.26 Å². The molecular weight excluding hydrogens is 274 g/mol. The van der Waals surface area contributed by atoms with Crippen LogP contribution in [0.3, 0.4) is 0 Å². The van der Waals surface area contributed by atoms with Gasteiger partial charge >= 0.3 is 0 Å². The summed E-state index contributed by atoms with van der Waals surface area (Å²) in [5.41, 5.74) is 6.37. The lowest BCUT2D eigenvalue weighted by Gasteiger charge is -2.17. The van der Waals surface area contributed by atoms with E-state index in [-0.39, 0.29) is 6.61 Å². The van der Waals surface area contributed by atoms with E-state index in [1.165, 1.54) is 18.6 Å². The Bertz CT molecular complexity index is 567. The Labute approximate surface area is 121 Å². The SMILES string of the molecule is Nc1cccc(OCc2nc(C3CCCCS3)no2)c1. The highest BCUT2D eigenvalue weighted by Gasteiger charge is 2.21. The molecule has 1 aliphatic rings. The number of hydrogen-bond acceptors (Lipinski definition) is 6. The van der Waals surface area contributed by atoms with Gasteiger partial charge in [0.05, 0.1) is 5.25 Å². The monoisotopic (exact) mass is 291 g/mol. The van der Waals surface area contributed by atoms with Gasteiger partial charge in [-0.25, -0.2) is 0 Å². The zero-order valence-electron chi connectivity index (χ0n) is 11.1. The molecule has 1 aromatic heterocycles. The molecule has 0 amide bonds. The van der Waals surface area contributed by atoms with Gasteiger partial charge < -0.3 is 15.0 Å². The Morgan fingerprint density at radius 2 is 2.35 bits per heavy atom. The molecule has 5 nitrogen and oxygen atoms in total. The third-order valence-corrected chi connectivity index (χ3v) is 4.55. The number of thioether (sulfide) groups is 1. The summed E-state index contributed by atoms with van der Waals surface area (Å²) in [5.74, 6) is 3.18. The number of benzene rings is 1. The van der Waals surface area contributed by atoms with Crippen molar-refractivity contribution in [3.63, 3.8) is 0 Å².